The van der Waals surface area contributed by atoms with Gasteiger partial charge in [0, 0.05) is 29.2 Å². The molecule has 0 N–H and O–H groups in total. The lowest BCUT2D eigenvalue weighted by Crippen LogP contribution is -3.00. The Morgan fingerprint density at radius 2 is 1.62 bits per heavy atom. The summed E-state index contributed by atoms with van der Waals surface area (Å²) in [5.74, 6) is 0. The van der Waals surface area contributed by atoms with Crippen LogP contribution in [0.3, 0.4) is 0 Å². The molecule has 0 unspecified atom stereocenters. The van der Waals surface area contributed by atoms with E-state index in [9.17, 15) is 0 Å². The Morgan fingerprint density at radius 3 is 2.33 bits per heavy atom. The van der Waals surface area contributed by atoms with Crippen molar-refractivity contribution in [1.82, 2.24) is 0 Å². The van der Waals surface area contributed by atoms with Crippen molar-refractivity contribution in [3.05, 3.63) is 65.8 Å². The predicted molar refractivity (Wildman–Crippen MR) is 84.6 cm³/mol. The second-order valence-corrected chi connectivity index (χ2v) is 5.34. The van der Waals surface area contributed by atoms with Crippen molar-refractivity contribution in [3.8, 4) is 0 Å². The number of anilines is 2. The zero-order valence-electron chi connectivity index (χ0n) is 11.9. The number of aryl methyl sites for hydroxylation is 1. The van der Waals surface area contributed by atoms with Crippen LogP contribution >= 0.6 is 11.6 Å². The van der Waals surface area contributed by atoms with Gasteiger partial charge in [-0.25, -0.2) is 0 Å². The summed E-state index contributed by atoms with van der Waals surface area (Å²) >= 11 is 5.94. The Kier molecular flexibility index (Phi) is 5.06. The van der Waals surface area contributed by atoms with E-state index in [0.29, 0.717) is 0 Å². The maximum atomic E-state index is 5.94. The van der Waals surface area contributed by atoms with Crippen molar-refractivity contribution < 1.29 is 28.5 Å². The molecule has 2 nitrogen and oxygen atoms in total. The van der Waals surface area contributed by atoms with Gasteiger partial charge in [0.25, 0.3) is 0 Å². The molecule has 1 heterocycles. The summed E-state index contributed by atoms with van der Waals surface area (Å²) in [7, 11) is 4.13. The van der Waals surface area contributed by atoms with E-state index < -0.39 is 0 Å². The largest absolute Gasteiger partial charge is 1.00 e. The van der Waals surface area contributed by atoms with Gasteiger partial charge < -0.3 is 28.9 Å². The van der Waals surface area contributed by atoms with Crippen molar-refractivity contribution in [3.63, 3.8) is 0 Å². The fourth-order valence-electron chi connectivity index (χ4n) is 2.39. The molecule has 1 aromatic heterocycles. The normalized spacial score (nSPS) is 10.2. The topological polar surface area (TPSA) is 7.12 Å². The minimum absolute atomic E-state index is 0. The molecular weight excluding hydrogens is 395 g/mol. The molecule has 2 aromatic carbocycles. The third kappa shape index (κ3) is 3.30. The molecule has 0 saturated heterocycles. The van der Waals surface area contributed by atoms with E-state index in [1.807, 2.05) is 24.3 Å². The summed E-state index contributed by atoms with van der Waals surface area (Å²) in [6.45, 7) is 0. The summed E-state index contributed by atoms with van der Waals surface area (Å²) in [4.78, 5) is 2.16. The summed E-state index contributed by atoms with van der Waals surface area (Å²) in [5.41, 5.74) is 3.49. The number of nitrogens with zero attached hydrogens (tertiary/aromatic N) is 2. The molecule has 21 heavy (non-hydrogen) atoms. The van der Waals surface area contributed by atoms with Crippen molar-refractivity contribution in [2.45, 2.75) is 0 Å². The van der Waals surface area contributed by atoms with Gasteiger partial charge in [0.05, 0.1) is 0 Å². The first-order chi connectivity index (χ1) is 9.65. The van der Waals surface area contributed by atoms with Crippen LogP contribution in [0.5, 0.6) is 0 Å². The first-order valence-electron chi connectivity index (χ1n) is 6.53. The maximum Gasteiger partial charge on any atom is 0.212 e. The number of fused-ring (bicyclic) bond motifs is 1. The number of aromatic nitrogens is 1. The number of hydrogen-bond donors (Lipinski definition) is 0. The Hall–Kier alpha value is -1.33. The van der Waals surface area contributed by atoms with Crippen LogP contribution in [0, 0.1) is 0 Å². The van der Waals surface area contributed by atoms with Crippen LogP contribution < -0.4 is 33.4 Å². The van der Waals surface area contributed by atoms with Crippen LogP contribution in [0.4, 0.5) is 11.4 Å². The van der Waals surface area contributed by atoms with E-state index in [1.54, 1.807) is 0 Å². The Morgan fingerprint density at radius 1 is 0.952 bits per heavy atom. The molecule has 0 radical (unpaired) electrons. The molecular formula is C17H16ClIN2. The quantitative estimate of drug-likeness (QED) is 0.453. The van der Waals surface area contributed by atoms with Gasteiger partial charge in [-0.2, -0.15) is 4.57 Å². The van der Waals surface area contributed by atoms with Crippen LogP contribution in [0.1, 0.15) is 0 Å². The van der Waals surface area contributed by atoms with E-state index in [0.717, 1.165) is 16.4 Å². The monoisotopic (exact) mass is 410 g/mol. The van der Waals surface area contributed by atoms with Crippen molar-refractivity contribution >= 4 is 33.9 Å². The van der Waals surface area contributed by atoms with Crippen molar-refractivity contribution in [1.29, 1.82) is 0 Å². The second-order valence-electron chi connectivity index (χ2n) is 4.90. The Balaban J connectivity index is 0.00000161. The van der Waals surface area contributed by atoms with E-state index in [2.05, 4.69) is 60.1 Å². The van der Waals surface area contributed by atoms with Crippen molar-refractivity contribution in [2.75, 3.05) is 11.9 Å². The number of para-hydroxylation sites is 1. The molecule has 0 fully saturated rings. The van der Waals surface area contributed by atoms with Gasteiger partial charge in [0.1, 0.15) is 12.7 Å². The summed E-state index contributed by atoms with van der Waals surface area (Å²) in [6.07, 6.45) is 2.14. The van der Waals surface area contributed by atoms with Crippen LogP contribution in [-0.2, 0) is 7.05 Å². The molecule has 3 rings (SSSR count). The Labute approximate surface area is 147 Å². The van der Waals surface area contributed by atoms with Gasteiger partial charge in [-0.05, 0) is 36.4 Å². The fourth-order valence-corrected chi connectivity index (χ4v) is 2.52. The van der Waals surface area contributed by atoms with Crippen LogP contribution in [-0.4, -0.2) is 7.05 Å². The molecule has 0 amide bonds. The average molecular weight is 411 g/mol. The van der Waals surface area contributed by atoms with Gasteiger partial charge in [0.15, 0.2) is 6.20 Å². The van der Waals surface area contributed by atoms with Gasteiger partial charge in [-0.3, -0.25) is 0 Å². The van der Waals surface area contributed by atoms with E-state index in [4.69, 9.17) is 11.6 Å². The molecule has 108 valence electrons. The molecule has 0 aliphatic rings. The lowest BCUT2D eigenvalue weighted by atomic mass is 10.2. The van der Waals surface area contributed by atoms with E-state index in [-0.39, 0.29) is 24.0 Å². The molecule has 0 aliphatic heterocycles. The average Bonchev–Trinajstić information content (AvgIpc) is 2.47. The number of pyridine rings is 1. The van der Waals surface area contributed by atoms with Gasteiger partial charge in [-0.15, -0.1) is 0 Å². The predicted octanol–water partition coefficient (Wildman–Crippen LogP) is 1.09. The molecule has 0 aliphatic carbocycles. The highest BCUT2D eigenvalue weighted by Crippen LogP contribution is 2.26. The zero-order chi connectivity index (χ0) is 14.1. The number of hydrogen-bond acceptors (Lipinski definition) is 1. The SMILES string of the molecule is CN(c1ccc(Cl)cc1)c1cc2ccccc2[n+](C)c1.[I-]. The first kappa shape index (κ1) is 16.0. The third-order valence-electron chi connectivity index (χ3n) is 3.55. The lowest BCUT2D eigenvalue weighted by Gasteiger charge is -2.18. The van der Waals surface area contributed by atoms with E-state index in [1.165, 1.54) is 10.9 Å². The van der Waals surface area contributed by atoms with Crippen LogP contribution in [0.15, 0.2) is 60.8 Å². The highest BCUT2D eigenvalue weighted by Gasteiger charge is 2.11. The Bertz CT molecular complexity index is 756. The highest BCUT2D eigenvalue weighted by atomic mass is 127. The molecule has 0 bridgehead atoms. The van der Waals surface area contributed by atoms with Gasteiger partial charge >= 0.3 is 0 Å². The van der Waals surface area contributed by atoms with Gasteiger partial charge in [-0.1, -0.05) is 23.7 Å². The maximum absolute atomic E-state index is 5.94. The van der Waals surface area contributed by atoms with Crippen LogP contribution in [0.2, 0.25) is 5.02 Å². The molecule has 0 atom stereocenters. The standard InChI is InChI=1S/C17H16ClN2.HI/c1-19-12-16(11-13-5-3-4-6-17(13)19)20(2)15-9-7-14(18)8-10-15;/h3-12H,1-2H3;1H/q+1;/p-1. The smallest absolute Gasteiger partial charge is 0.212 e. The lowest BCUT2D eigenvalue weighted by molar-refractivity contribution is -0.644. The zero-order valence-corrected chi connectivity index (χ0v) is 14.8. The van der Waals surface area contributed by atoms with Crippen LogP contribution in [0.25, 0.3) is 10.9 Å². The van der Waals surface area contributed by atoms with Crippen molar-refractivity contribution in [2.24, 2.45) is 7.05 Å². The summed E-state index contributed by atoms with van der Waals surface area (Å²) < 4.78 is 2.15. The number of rotatable bonds is 2. The molecule has 0 spiro atoms. The summed E-state index contributed by atoms with van der Waals surface area (Å²) in [5, 5.41) is 1.99. The fraction of sp³-hybridized carbons (Fsp3) is 0.118. The minimum Gasteiger partial charge on any atom is -1.00 e. The second kappa shape index (κ2) is 6.62. The third-order valence-corrected chi connectivity index (χ3v) is 3.80. The van der Waals surface area contributed by atoms with E-state index >= 15 is 0 Å². The molecule has 4 heteroatoms. The molecule has 0 saturated carbocycles. The molecule has 3 aromatic rings. The first-order valence-corrected chi connectivity index (χ1v) is 6.91. The summed E-state index contributed by atoms with van der Waals surface area (Å²) in [6, 6.07) is 18.5. The highest BCUT2D eigenvalue weighted by molar-refractivity contribution is 6.30. The number of benzene rings is 2. The van der Waals surface area contributed by atoms with Gasteiger partial charge in [0.2, 0.25) is 5.52 Å². The number of halogens is 2. The minimum atomic E-state index is 0.